The number of anilines is 2. The van der Waals surface area contributed by atoms with Crippen LogP contribution in [0.1, 0.15) is 46.7 Å². The van der Waals surface area contributed by atoms with Gasteiger partial charge in [-0.25, -0.2) is 0 Å². The van der Waals surface area contributed by atoms with Crippen molar-refractivity contribution in [2.75, 3.05) is 10.9 Å². The maximum atomic E-state index is 12.2. The quantitative estimate of drug-likeness (QED) is 0.0545. The minimum atomic E-state index is -4.34. The average Bonchev–Trinajstić information content (AvgIpc) is 3.17. The van der Waals surface area contributed by atoms with Gasteiger partial charge in [-0.1, -0.05) is 63.2 Å². The molecule has 3 aliphatic rings. The number of aromatic hydroxyl groups is 1. The van der Waals surface area contributed by atoms with E-state index in [0.717, 1.165) is 35.8 Å². The molecule has 0 heterocycles. The molecule has 3 aliphatic carbocycles. The van der Waals surface area contributed by atoms with Gasteiger partial charge in [-0.15, -0.1) is 10.2 Å². The maximum Gasteiger partial charge on any atom is 1.00 e. The molecule has 3 aromatic rings. The predicted octanol–water partition coefficient (Wildman–Crippen LogP) is 5.68. The van der Waals surface area contributed by atoms with Crippen molar-refractivity contribution in [3.8, 4) is 5.75 Å². The fraction of sp³-hybridized carbons (Fsp3) is 0.128. The molecule has 292 valence electrons. The van der Waals surface area contributed by atoms with Crippen LogP contribution in [-0.4, -0.2) is 57.5 Å². The second-order valence-corrected chi connectivity index (χ2v) is 14.3. The number of nitrogens with one attached hydrogen (secondary N) is 3. The Morgan fingerprint density at radius 3 is 2.25 bits per heavy atom. The number of benzene rings is 3. The molecule has 0 aromatic heterocycles. The van der Waals surface area contributed by atoms with Gasteiger partial charge >= 0.3 is 2.85 Å². The number of hydrogen-bond acceptors (Lipinski definition) is 14. The van der Waals surface area contributed by atoms with Gasteiger partial charge in [0.25, 0.3) is 15.8 Å². The second-order valence-electron chi connectivity index (χ2n) is 12.9. The van der Waals surface area contributed by atoms with Crippen molar-refractivity contribution in [3.05, 3.63) is 147 Å². The smallest absolute Gasteiger partial charge is 0.506 e. The van der Waals surface area contributed by atoms with Crippen molar-refractivity contribution in [2.45, 2.75) is 37.5 Å². The fourth-order valence-electron chi connectivity index (χ4n) is 5.07. The molecule has 0 radical (unpaired) electrons. The summed E-state index contributed by atoms with van der Waals surface area (Å²) in [6.07, 6.45) is 11.5. The van der Waals surface area contributed by atoms with E-state index in [4.69, 9.17) is 4.55 Å². The first-order valence-electron chi connectivity index (χ1n) is 16.8. The molecule has 0 amide bonds. The molecule has 5 N–H and O–H groups in total. The Kier molecular flexibility index (Phi) is 13.9. The molecular formula is C39H37CrN7O9S+2. The Labute approximate surface area is 340 Å². The molecule has 0 saturated heterocycles. The van der Waals surface area contributed by atoms with Crippen LogP contribution in [0.3, 0.4) is 0 Å². The Balaban J connectivity index is 0.000000402. The SMILES string of the molecule is CCC(C)(C)c1ccc(O)c(N/N=C2/C=C([N+](=O)[O-])C=CC2=O)c1.O=C1C=CC(NNc2cccc(S(=O)(=O)O)c2)=C/C1=N/N=C1\C(=O)C=Cc2ccccc21.[Cr].[H+].[H+]. The van der Waals surface area contributed by atoms with Gasteiger partial charge in [0.2, 0.25) is 17.3 Å². The van der Waals surface area contributed by atoms with Crippen LogP contribution in [0.4, 0.5) is 11.4 Å². The van der Waals surface area contributed by atoms with Crippen LogP contribution in [0, 0.1) is 10.1 Å². The third-order valence-electron chi connectivity index (χ3n) is 8.68. The minimum absolute atomic E-state index is 0. The summed E-state index contributed by atoms with van der Waals surface area (Å²) in [5.41, 5.74) is 11.6. The Morgan fingerprint density at radius 2 is 1.53 bits per heavy atom. The first-order chi connectivity index (χ1) is 26.5. The predicted molar refractivity (Wildman–Crippen MR) is 214 cm³/mol. The van der Waals surface area contributed by atoms with Crippen LogP contribution in [0.25, 0.3) is 6.08 Å². The topological polar surface area (TPSA) is 242 Å². The number of phenols is 1. The molecule has 0 fully saturated rings. The van der Waals surface area contributed by atoms with Gasteiger partial charge in [-0.2, -0.15) is 13.5 Å². The zero-order chi connectivity index (χ0) is 40.6. The average molecular weight is 832 g/mol. The second kappa shape index (κ2) is 18.4. The van der Waals surface area contributed by atoms with E-state index in [2.05, 4.69) is 52.4 Å². The molecule has 57 heavy (non-hydrogen) atoms. The van der Waals surface area contributed by atoms with E-state index >= 15 is 0 Å². The van der Waals surface area contributed by atoms with Gasteiger partial charge in [-0.3, -0.25) is 34.5 Å². The van der Waals surface area contributed by atoms with E-state index in [9.17, 15) is 38.0 Å². The van der Waals surface area contributed by atoms with Crippen molar-refractivity contribution in [3.63, 3.8) is 0 Å². The number of hydrazine groups is 1. The third kappa shape index (κ3) is 11.0. The van der Waals surface area contributed by atoms with Gasteiger partial charge < -0.3 is 16.0 Å². The van der Waals surface area contributed by atoms with Crippen molar-refractivity contribution >= 4 is 62.1 Å². The molecule has 16 nitrogen and oxygen atoms in total. The maximum absolute atomic E-state index is 12.2. The summed E-state index contributed by atoms with van der Waals surface area (Å²) in [7, 11) is -4.34. The molecule has 0 aliphatic heterocycles. The van der Waals surface area contributed by atoms with E-state index in [1.165, 1.54) is 42.5 Å². The monoisotopic (exact) mass is 831 g/mol. The minimum Gasteiger partial charge on any atom is -0.506 e. The fourth-order valence-corrected chi connectivity index (χ4v) is 5.60. The van der Waals surface area contributed by atoms with Gasteiger partial charge in [0.15, 0.2) is 0 Å². The molecule has 3 aromatic carbocycles. The van der Waals surface area contributed by atoms with E-state index in [-0.39, 0.29) is 70.7 Å². The van der Waals surface area contributed by atoms with Crippen LogP contribution in [0.5, 0.6) is 5.75 Å². The number of fused-ring (bicyclic) bond motifs is 1. The third-order valence-corrected chi connectivity index (χ3v) is 9.53. The summed E-state index contributed by atoms with van der Waals surface area (Å²) in [4.78, 5) is 46.1. The first kappa shape index (κ1) is 43.2. The number of carbonyl (C=O) groups excluding carboxylic acids is 3. The number of nitro groups is 1. The number of allylic oxidation sites excluding steroid dienone is 7. The summed E-state index contributed by atoms with van der Waals surface area (Å²) >= 11 is 0. The molecule has 18 heteroatoms. The molecule has 6 rings (SSSR count). The first-order valence-corrected chi connectivity index (χ1v) is 18.3. The van der Waals surface area contributed by atoms with Crippen LogP contribution in [-0.2, 0) is 47.3 Å². The zero-order valence-corrected chi connectivity index (χ0v) is 32.6. The molecule has 0 spiro atoms. The van der Waals surface area contributed by atoms with Gasteiger partial charge in [-0.05, 0) is 83.7 Å². The summed E-state index contributed by atoms with van der Waals surface area (Å²) < 4.78 is 31.7. The van der Waals surface area contributed by atoms with Crippen molar-refractivity contribution in [1.29, 1.82) is 0 Å². The van der Waals surface area contributed by atoms with Crippen LogP contribution >= 0.6 is 0 Å². The largest absolute Gasteiger partial charge is 1.00 e. The van der Waals surface area contributed by atoms with Gasteiger partial charge in [0.05, 0.1) is 26.9 Å². The number of carbonyl (C=O) groups is 3. The Hall–Kier alpha value is -6.58. The molecule has 0 bridgehead atoms. The number of ketones is 3. The van der Waals surface area contributed by atoms with E-state index in [1.807, 2.05) is 18.2 Å². The van der Waals surface area contributed by atoms with E-state index in [0.29, 0.717) is 22.6 Å². The van der Waals surface area contributed by atoms with Crippen molar-refractivity contribution in [1.82, 2.24) is 5.43 Å². The number of phenolic OH excluding ortho intramolecular Hbond substituents is 1. The Bertz CT molecular complexity index is 2510. The molecule has 0 unspecified atom stereocenters. The Morgan fingerprint density at radius 1 is 0.825 bits per heavy atom. The molecule has 0 saturated carbocycles. The van der Waals surface area contributed by atoms with E-state index in [1.54, 1.807) is 36.4 Å². The number of hydrazone groups is 1. The number of nitrogens with zero attached hydrogens (tertiary/aromatic N) is 4. The number of hydrogen-bond donors (Lipinski definition) is 5. The molecule has 0 atom stereocenters. The summed E-state index contributed by atoms with van der Waals surface area (Å²) in [6, 6.07) is 17.9. The normalized spacial score (nSPS) is 16.9. The standard InChI is InChI=1S/C22H16N4O5S.C17H19N3O4.Cr/c27-20-11-9-16(24-23-15-5-3-6-17(12-15)32(29,30)31)13-19(20)25-26-22-18-7-2-1-4-14(18)8-10-21(22)28;1-4-17(2,3)11-5-7-15(21)13(9-11)18-19-14-10-12(20(23)24)6-8-16(14)22;/h1-13,23-24H,(H,29,30,31);5-10,18,21H,4H2,1-3H3;/p+2/b25-19-,26-22-;19-14-;. The van der Waals surface area contributed by atoms with Gasteiger partial charge in [0.1, 0.15) is 22.9 Å². The van der Waals surface area contributed by atoms with E-state index < -0.39 is 20.8 Å². The van der Waals surface area contributed by atoms with Gasteiger partial charge in [0, 0.05) is 35.1 Å². The van der Waals surface area contributed by atoms with Crippen LogP contribution in [0.2, 0.25) is 0 Å². The summed E-state index contributed by atoms with van der Waals surface area (Å²) in [5.74, 6) is -1.17. The zero-order valence-electron chi connectivity index (χ0n) is 32.5. The van der Waals surface area contributed by atoms with Crippen molar-refractivity contribution in [2.24, 2.45) is 15.3 Å². The number of rotatable bonds is 10. The molecular weight excluding hydrogens is 795 g/mol. The summed E-state index contributed by atoms with van der Waals surface area (Å²) in [5, 5.41) is 32.7. The summed E-state index contributed by atoms with van der Waals surface area (Å²) in [6.45, 7) is 6.23. The van der Waals surface area contributed by atoms with Crippen LogP contribution < -0.4 is 16.3 Å². The van der Waals surface area contributed by atoms with Crippen LogP contribution in [0.15, 0.2) is 141 Å². The van der Waals surface area contributed by atoms with Crippen molar-refractivity contribution < 1.29 is 57.6 Å².